The van der Waals surface area contributed by atoms with E-state index in [-0.39, 0.29) is 30.3 Å². The fraction of sp³-hybridized carbons (Fsp3) is 0.867. The fourth-order valence-electron chi connectivity index (χ4n) is 2.55. The first-order valence-corrected chi connectivity index (χ1v) is 7.80. The molecule has 21 heavy (non-hydrogen) atoms. The molecule has 0 spiro atoms. The Bertz CT molecular complexity index is 324. The molecule has 1 saturated heterocycles. The van der Waals surface area contributed by atoms with E-state index in [9.17, 15) is 9.59 Å². The first kappa shape index (κ1) is 20.2. The van der Waals surface area contributed by atoms with E-state index >= 15 is 0 Å². The maximum absolute atomic E-state index is 12.3. The lowest BCUT2D eigenvalue weighted by Gasteiger charge is -2.36. The van der Waals surface area contributed by atoms with Crippen LogP contribution in [0.3, 0.4) is 0 Å². The molecule has 124 valence electrons. The zero-order chi connectivity index (χ0) is 15.0. The standard InChI is InChI=1S/C15H29N3O2.ClH/c1-12(2)6-7-15(20)18-10-4-3-5-13(18)11-17-14(19)8-9-16;/h12-13H,3-11,16H2,1-2H3,(H,17,19);1H. The largest absolute Gasteiger partial charge is 0.354 e. The average molecular weight is 320 g/mol. The molecule has 1 heterocycles. The summed E-state index contributed by atoms with van der Waals surface area (Å²) in [5.41, 5.74) is 5.36. The SMILES string of the molecule is CC(C)CCC(=O)N1CCCCC1CNC(=O)CCN.Cl. The minimum atomic E-state index is -0.0207. The highest BCUT2D eigenvalue weighted by molar-refractivity contribution is 5.85. The fourth-order valence-corrected chi connectivity index (χ4v) is 2.55. The van der Waals surface area contributed by atoms with Gasteiger partial charge in [0.05, 0.1) is 0 Å². The Kier molecular flexibility index (Phi) is 10.4. The Morgan fingerprint density at radius 3 is 2.62 bits per heavy atom. The molecule has 0 saturated carbocycles. The van der Waals surface area contributed by atoms with Crippen molar-refractivity contribution in [2.75, 3.05) is 19.6 Å². The molecular formula is C15H30ClN3O2. The van der Waals surface area contributed by atoms with Gasteiger partial charge in [-0.2, -0.15) is 0 Å². The van der Waals surface area contributed by atoms with Crippen molar-refractivity contribution in [3.05, 3.63) is 0 Å². The van der Waals surface area contributed by atoms with E-state index in [2.05, 4.69) is 19.2 Å². The maximum Gasteiger partial charge on any atom is 0.222 e. The highest BCUT2D eigenvalue weighted by Gasteiger charge is 2.26. The Morgan fingerprint density at radius 1 is 1.29 bits per heavy atom. The van der Waals surface area contributed by atoms with Gasteiger partial charge in [-0.25, -0.2) is 0 Å². The van der Waals surface area contributed by atoms with Gasteiger partial charge < -0.3 is 16.0 Å². The summed E-state index contributed by atoms with van der Waals surface area (Å²) in [7, 11) is 0. The number of likely N-dealkylation sites (tertiary alicyclic amines) is 1. The molecule has 6 heteroatoms. The summed E-state index contributed by atoms with van der Waals surface area (Å²) in [4.78, 5) is 25.7. The van der Waals surface area contributed by atoms with Gasteiger partial charge >= 0.3 is 0 Å². The molecule has 1 atom stereocenters. The molecule has 0 bridgehead atoms. The summed E-state index contributed by atoms with van der Waals surface area (Å²) in [6.45, 7) is 6.02. The van der Waals surface area contributed by atoms with E-state index in [4.69, 9.17) is 5.73 Å². The third-order valence-electron chi connectivity index (χ3n) is 3.79. The molecule has 0 aromatic heterocycles. The summed E-state index contributed by atoms with van der Waals surface area (Å²) in [6.07, 6.45) is 5.09. The molecule has 0 aromatic carbocycles. The number of nitrogens with zero attached hydrogens (tertiary/aromatic N) is 1. The lowest BCUT2D eigenvalue weighted by atomic mass is 10.00. The number of hydrogen-bond donors (Lipinski definition) is 2. The number of halogens is 1. The number of carbonyl (C=O) groups is 2. The van der Waals surface area contributed by atoms with Gasteiger partial charge in [-0.1, -0.05) is 13.8 Å². The van der Waals surface area contributed by atoms with E-state index in [0.29, 0.717) is 31.8 Å². The second-order valence-electron chi connectivity index (χ2n) is 6.01. The number of rotatable bonds is 7. The third-order valence-corrected chi connectivity index (χ3v) is 3.79. The van der Waals surface area contributed by atoms with E-state index in [1.54, 1.807) is 0 Å². The van der Waals surface area contributed by atoms with Crippen molar-refractivity contribution in [3.63, 3.8) is 0 Å². The number of amides is 2. The van der Waals surface area contributed by atoms with Crippen molar-refractivity contribution in [2.45, 2.75) is 58.4 Å². The van der Waals surface area contributed by atoms with E-state index in [0.717, 1.165) is 32.2 Å². The second-order valence-corrected chi connectivity index (χ2v) is 6.01. The first-order chi connectivity index (χ1) is 9.54. The zero-order valence-electron chi connectivity index (χ0n) is 13.3. The van der Waals surface area contributed by atoms with Gasteiger partial charge in [0.2, 0.25) is 11.8 Å². The van der Waals surface area contributed by atoms with Crippen LogP contribution in [0.25, 0.3) is 0 Å². The van der Waals surface area contributed by atoms with Crippen LogP contribution >= 0.6 is 12.4 Å². The zero-order valence-corrected chi connectivity index (χ0v) is 14.1. The van der Waals surface area contributed by atoms with Crippen LogP contribution in [-0.4, -0.2) is 42.4 Å². The van der Waals surface area contributed by atoms with Crippen molar-refractivity contribution in [1.82, 2.24) is 10.2 Å². The van der Waals surface area contributed by atoms with Crippen molar-refractivity contribution in [1.29, 1.82) is 0 Å². The molecule has 5 nitrogen and oxygen atoms in total. The van der Waals surface area contributed by atoms with Gasteiger partial charge in [-0.05, 0) is 31.6 Å². The molecule has 2 amide bonds. The lowest BCUT2D eigenvalue weighted by Crippen LogP contribution is -2.49. The third kappa shape index (κ3) is 7.67. The maximum atomic E-state index is 12.3. The Labute approximate surface area is 134 Å². The molecule has 3 N–H and O–H groups in total. The van der Waals surface area contributed by atoms with Crippen molar-refractivity contribution in [2.24, 2.45) is 11.7 Å². The van der Waals surface area contributed by atoms with Gasteiger partial charge in [-0.15, -0.1) is 12.4 Å². The summed E-state index contributed by atoms with van der Waals surface area (Å²) >= 11 is 0. The molecular weight excluding hydrogens is 290 g/mol. The molecule has 0 aliphatic carbocycles. The summed E-state index contributed by atoms with van der Waals surface area (Å²) in [6, 6.07) is 0.158. The van der Waals surface area contributed by atoms with Gasteiger partial charge in [0.1, 0.15) is 0 Å². The molecule has 0 radical (unpaired) electrons. The average Bonchev–Trinajstić information content (AvgIpc) is 2.43. The molecule has 1 fully saturated rings. The van der Waals surface area contributed by atoms with Crippen LogP contribution < -0.4 is 11.1 Å². The quantitative estimate of drug-likeness (QED) is 0.750. The van der Waals surface area contributed by atoms with Gasteiger partial charge in [0.15, 0.2) is 0 Å². The predicted octanol–water partition coefficient (Wildman–Crippen LogP) is 1.69. The molecule has 1 rings (SSSR count). The van der Waals surface area contributed by atoms with Gasteiger partial charge in [-0.3, -0.25) is 9.59 Å². The number of carbonyl (C=O) groups excluding carboxylic acids is 2. The van der Waals surface area contributed by atoms with Crippen LogP contribution in [0.4, 0.5) is 0 Å². The molecule has 1 aliphatic heterocycles. The van der Waals surface area contributed by atoms with Crippen LogP contribution in [-0.2, 0) is 9.59 Å². The lowest BCUT2D eigenvalue weighted by molar-refractivity contribution is -0.135. The van der Waals surface area contributed by atoms with Crippen molar-refractivity contribution >= 4 is 24.2 Å². The Hall–Kier alpha value is -0.810. The highest BCUT2D eigenvalue weighted by Crippen LogP contribution is 2.19. The first-order valence-electron chi connectivity index (χ1n) is 7.80. The summed E-state index contributed by atoms with van der Waals surface area (Å²) < 4.78 is 0. The van der Waals surface area contributed by atoms with E-state index in [1.165, 1.54) is 0 Å². The summed E-state index contributed by atoms with van der Waals surface area (Å²) in [5.74, 6) is 0.760. The smallest absolute Gasteiger partial charge is 0.222 e. The number of piperidine rings is 1. The summed E-state index contributed by atoms with van der Waals surface area (Å²) in [5, 5.41) is 2.89. The van der Waals surface area contributed by atoms with Crippen LogP contribution in [0.1, 0.15) is 52.4 Å². The van der Waals surface area contributed by atoms with Crippen LogP contribution in [0.2, 0.25) is 0 Å². The Morgan fingerprint density at radius 2 is 2.00 bits per heavy atom. The Balaban J connectivity index is 0.00000400. The topological polar surface area (TPSA) is 75.4 Å². The minimum absolute atomic E-state index is 0. The molecule has 1 unspecified atom stereocenters. The number of hydrogen-bond acceptors (Lipinski definition) is 3. The minimum Gasteiger partial charge on any atom is -0.354 e. The number of nitrogens with one attached hydrogen (secondary N) is 1. The van der Waals surface area contributed by atoms with Crippen LogP contribution in [0, 0.1) is 5.92 Å². The predicted molar refractivity (Wildman–Crippen MR) is 87.4 cm³/mol. The van der Waals surface area contributed by atoms with E-state index < -0.39 is 0 Å². The molecule has 0 aromatic rings. The van der Waals surface area contributed by atoms with Crippen LogP contribution in [0.15, 0.2) is 0 Å². The second kappa shape index (κ2) is 10.9. The normalized spacial score (nSPS) is 18.3. The highest BCUT2D eigenvalue weighted by atomic mass is 35.5. The monoisotopic (exact) mass is 319 g/mol. The van der Waals surface area contributed by atoms with Crippen LogP contribution in [0.5, 0.6) is 0 Å². The van der Waals surface area contributed by atoms with Crippen molar-refractivity contribution < 1.29 is 9.59 Å². The van der Waals surface area contributed by atoms with Gasteiger partial charge in [0, 0.05) is 38.5 Å². The van der Waals surface area contributed by atoms with E-state index in [1.807, 2.05) is 4.90 Å². The van der Waals surface area contributed by atoms with Gasteiger partial charge in [0.25, 0.3) is 0 Å². The number of nitrogens with two attached hydrogens (primary N) is 1. The molecule has 1 aliphatic rings. The van der Waals surface area contributed by atoms with Crippen molar-refractivity contribution in [3.8, 4) is 0 Å².